The fraction of sp³-hybridized carbons (Fsp3) is 0.364. The monoisotopic (exact) mass is 393 g/mol. The van der Waals surface area contributed by atoms with E-state index in [9.17, 15) is 10.1 Å². The van der Waals surface area contributed by atoms with E-state index in [2.05, 4.69) is 43.9 Å². The highest BCUT2D eigenvalue weighted by Gasteiger charge is 2.27. The number of piperazine rings is 2. The van der Waals surface area contributed by atoms with Gasteiger partial charge in [0, 0.05) is 63.7 Å². The number of nitrogens with zero attached hydrogens (tertiary/aromatic N) is 5. The van der Waals surface area contributed by atoms with Gasteiger partial charge in [-0.15, -0.1) is 0 Å². The van der Waals surface area contributed by atoms with Crippen molar-refractivity contribution in [1.82, 2.24) is 9.80 Å². The molecule has 0 bridgehead atoms. The molecule has 2 saturated heterocycles. The molecule has 7 nitrogen and oxygen atoms in total. The minimum atomic E-state index is -0.317. The lowest BCUT2D eigenvalue weighted by molar-refractivity contribution is -0.405. The molecule has 152 valence electrons. The van der Waals surface area contributed by atoms with Gasteiger partial charge in [-0.3, -0.25) is 10.1 Å². The summed E-state index contributed by atoms with van der Waals surface area (Å²) in [6.07, 6.45) is 1.19. The van der Waals surface area contributed by atoms with Gasteiger partial charge in [-0.1, -0.05) is 36.4 Å². The van der Waals surface area contributed by atoms with Crippen LogP contribution in [0.25, 0.3) is 0 Å². The van der Waals surface area contributed by atoms with Crippen LogP contribution in [0.3, 0.4) is 0 Å². The number of rotatable bonds is 5. The van der Waals surface area contributed by atoms with E-state index in [1.807, 2.05) is 36.4 Å². The first kappa shape index (κ1) is 19.1. The van der Waals surface area contributed by atoms with Gasteiger partial charge in [0.05, 0.1) is 4.92 Å². The van der Waals surface area contributed by atoms with Crippen molar-refractivity contribution >= 4 is 11.4 Å². The zero-order chi connectivity index (χ0) is 20.1. The molecular formula is C22H27N5O2. The number of benzene rings is 2. The molecule has 0 saturated carbocycles. The minimum Gasteiger partial charge on any atom is -0.368 e. The maximum Gasteiger partial charge on any atom is 0.274 e. The standard InChI is InChI=1S/C22H27N5O2/c28-27(29)19-22(25-15-11-23(12-16-25)20-7-3-1-4-8-20)26-17-13-24(14-18-26)21-9-5-2-6-10-21/h1-10,19H,11-18H2. The van der Waals surface area contributed by atoms with Crippen LogP contribution in [-0.4, -0.2) is 67.1 Å². The molecule has 2 aromatic carbocycles. The van der Waals surface area contributed by atoms with Gasteiger partial charge >= 0.3 is 0 Å². The number of anilines is 2. The molecule has 2 aliphatic heterocycles. The van der Waals surface area contributed by atoms with E-state index in [-0.39, 0.29) is 4.92 Å². The largest absolute Gasteiger partial charge is 0.368 e. The maximum atomic E-state index is 11.3. The molecule has 2 heterocycles. The van der Waals surface area contributed by atoms with Gasteiger partial charge in [-0.25, -0.2) is 0 Å². The van der Waals surface area contributed by atoms with Crippen molar-refractivity contribution in [3.05, 3.63) is 82.8 Å². The normalized spacial score (nSPS) is 17.2. The van der Waals surface area contributed by atoms with Crippen molar-refractivity contribution in [2.45, 2.75) is 0 Å². The average Bonchev–Trinajstić information content (AvgIpc) is 2.79. The molecule has 0 amide bonds. The molecule has 7 heteroatoms. The number of hydrogen-bond acceptors (Lipinski definition) is 6. The van der Waals surface area contributed by atoms with Crippen LogP contribution in [-0.2, 0) is 0 Å². The second kappa shape index (κ2) is 8.86. The Labute approximate surface area is 171 Å². The third-order valence-electron chi connectivity index (χ3n) is 5.67. The summed E-state index contributed by atoms with van der Waals surface area (Å²) >= 11 is 0. The molecule has 0 aliphatic carbocycles. The summed E-state index contributed by atoms with van der Waals surface area (Å²) < 4.78 is 0. The fourth-order valence-corrected chi connectivity index (χ4v) is 4.12. The van der Waals surface area contributed by atoms with Gasteiger partial charge < -0.3 is 19.6 Å². The Balaban J connectivity index is 1.40. The first-order valence-corrected chi connectivity index (χ1v) is 10.2. The van der Waals surface area contributed by atoms with Crippen molar-refractivity contribution in [3.8, 4) is 0 Å². The second-order valence-corrected chi connectivity index (χ2v) is 7.39. The lowest BCUT2D eigenvalue weighted by atomic mass is 10.2. The maximum absolute atomic E-state index is 11.3. The van der Waals surface area contributed by atoms with Crippen molar-refractivity contribution in [3.63, 3.8) is 0 Å². The van der Waals surface area contributed by atoms with Gasteiger partial charge in [0.25, 0.3) is 6.20 Å². The summed E-state index contributed by atoms with van der Waals surface area (Å²) in [5.74, 6) is 0.746. The van der Waals surface area contributed by atoms with Crippen LogP contribution in [0.2, 0.25) is 0 Å². The summed E-state index contributed by atoms with van der Waals surface area (Å²) in [4.78, 5) is 20.0. The Kier molecular flexibility index (Phi) is 5.84. The van der Waals surface area contributed by atoms with Crippen molar-refractivity contribution in [1.29, 1.82) is 0 Å². The van der Waals surface area contributed by atoms with E-state index in [1.54, 1.807) is 0 Å². The van der Waals surface area contributed by atoms with E-state index in [4.69, 9.17) is 0 Å². The molecule has 0 unspecified atom stereocenters. The predicted molar refractivity (Wildman–Crippen MR) is 116 cm³/mol. The van der Waals surface area contributed by atoms with Crippen LogP contribution in [0.1, 0.15) is 0 Å². The Morgan fingerprint density at radius 2 is 1.07 bits per heavy atom. The van der Waals surface area contributed by atoms with Crippen LogP contribution >= 0.6 is 0 Å². The highest BCUT2D eigenvalue weighted by atomic mass is 16.6. The van der Waals surface area contributed by atoms with Gasteiger partial charge in [0.2, 0.25) is 0 Å². The zero-order valence-corrected chi connectivity index (χ0v) is 16.6. The molecule has 2 fully saturated rings. The summed E-state index contributed by atoms with van der Waals surface area (Å²) in [6.45, 7) is 6.60. The van der Waals surface area contributed by atoms with E-state index < -0.39 is 0 Å². The molecule has 0 aromatic heterocycles. The zero-order valence-electron chi connectivity index (χ0n) is 16.6. The Morgan fingerprint density at radius 3 is 1.41 bits per heavy atom. The lowest BCUT2D eigenvalue weighted by Gasteiger charge is -2.43. The quantitative estimate of drug-likeness (QED) is 0.575. The third-order valence-corrected chi connectivity index (χ3v) is 5.67. The molecule has 4 rings (SSSR count). The van der Waals surface area contributed by atoms with Crippen LogP contribution in [0.4, 0.5) is 11.4 Å². The van der Waals surface area contributed by atoms with Crippen molar-refractivity contribution in [2.75, 3.05) is 62.2 Å². The van der Waals surface area contributed by atoms with E-state index in [0.29, 0.717) is 0 Å². The molecule has 0 N–H and O–H groups in total. The molecule has 0 spiro atoms. The summed E-state index contributed by atoms with van der Waals surface area (Å²) in [7, 11) is 0. The topological polar surface area (TPSA) is 56.1 Å². The average molecular weight is 393 g/mol. The fourth-order valence-electron chi connectivity index (χ4n) is 4.12. The smallest absolute Gasteiger partial charge is 0.274 e. The molecular weight excluding hydrogens is 366 g/mol. The number of para-hydroxylation sites is 2. The highest BCUT2D eigenvalue weighted by molar-refractivity contribution is 5.47. The Morgan fingerprint density at radius 1 is 0.690 bits per heavy atom. The molecule has 2 aliphatic rings. The van der Waals surface area contributed by atoms with Crippen LogP contribution < -0.4 is 9.80 Å². The molecule has 29 heavy (non-hydrogen) atoms. The summed E-state index contributed by atoms with van der Waals surface area (Å²) in [6, 6.07) is 20.7. The minimum absolute atomic E-state index is 0.317. The first-order valence-electron chi connectivity index (χ1n) is 10.2. The van der Waals surface area contributed by atoms with Crippen molar-refractivity contribution < 1.29 is 4.92 Å². The van der Waals surface area contributed by atoms with Crippen LogP contribution in [0, 0.1) is 10.1 Å². The summed E-state index contributed by atoms with van der Waals surface area (Å²) in [5, 5.41) is 11.3. The lowest BCUT2D eigenvalue weighted by Crippen LogP contribution is -2.53. The van der Waals surface area contributed by atoms with E-state index >= 15 is 0 Å². The van der Waals surface area contributed by atoms with Crippen LogP contribution in [0.5, 0.6) is 0 Å². The van der Waals surface area contributed by atoms with E-state index in [0.717, 1.165) is 58.2 Å². The SMILES string of the molecule is O=[N+]([O-])C=C(N1CCN(c2ccccc2)CC1)N1CCN(c2ccccc2)CC1. The Hall–Kier alpha value is -3.22. The number of nitro groups is 1. The molecule has 0 radical (unpaired) electrons. The summed E-state index contributed by atoms with van der Waals surface area (Å²) in [5.41, 5.74) is 2.42. The van der Waals surface area contributed by atoms with Gasteiger partial charge in [-0.05, 0) is 24.3 Å². The molecule has 2 aromatic rings. The van der Waals surface area contributed by atoms with Gasteiger partial charge in [0.1, 0.15) is 0 Å². The van der Waals surface area contributed by atoms with E-state index in [1.165, 1.54) is 17.6 Å². The van der Waals surface area contributed by atoms with Crippen LogP contribution in [0.15, 0.2) is 72.7 Å². The molecule has 0 atom stereocenters. The highest BCUT2D eigenvalue weighted by Crippen LogP contribution is 2.22. The van der Waals surface area contributed by atoms with Gasteiger partial charge in [0.15, 0.2) is 5.82 Å². The van der Waals surface area contributed by atoms with Crippen molar-refractivity contribution in [2.24, 2.45) is 0 Å². The van der Waals surface area contributed by atoms with Gasteiger partial charge in [-0.2, -0.15) is 0 Å². The first-order chi connectivity index (χ1) is 14.2. The predicted octanol–water partition coefficient (Wildman–Crippen LogP) is 2.71. The second-order valence-electron chi connectivity index (χ2n) is 7.39. The third kappa shape index (κ3) is 4.62. The Bertz CT molecular complexity index is 765. The number of hydrogen-bond donors (Lipinski definition) is 0.